The number of hydrogen-bond donors (Lipinski definition) is 3. The van der Waals surface area contributed by atoms with Gasteiger partial charge in [-0.25, -0.2) is 13.1 Å². The van der Waals surface area contributed by atoms with Gasteiger partial charge in [-0.2, -0.15) is 0 Å². The minimum absolute atomic E-state index is 0.226. The van der Waals surface area contributed by atoms with Gasteiger partial charge >= 0.3 is 0 Å². The van der Waals surface area contributed by atoms with E-state index < -0.39 is 16.1 Å². The number of hydrogen-bond acceptors (Lipinski definition) is 5. The van der Waals surface area contributed by atoms with E-state index in [4.69, 9.17) is 5.11 Å². The molecule has 7 heteroatoms. The van der Waals surface area contributed by atoms with Crippen LogP contribution in [0.4, 0.5) is 0 Å². The zero-order chi connectivity index (χ0) is 15.3. The van der Waals surface area contributed by atoms with Crippen molar-refractivity contribution in [3.63, 3.8) is 0 Å². The molecule has 1 aromatic carbocycles. The minimum atomic E-state index is -3.58. The summed E-state index contributed by atoms with van der Waals surface area (Å²) in [5, 5.41) is 12.7. The summed E-state index contributed by atoms with van der Waals surface area (Å²) >= 11 is 0. The first kappa shape index (κ1) is 15.8. The molecule has 6 nitrogen and oxygen atoms in total. The molecular weight excluding hydrogens is 290 g/mol. The lowest BCUT2D eigenvalue weighted by molar-refractivity contribution is 0.192. The number of benzene rings is 1. The lowest BCUT2D eigenvalue weighted by Crippen LogP contribution is -2.34. The summed E-state index contributed by atoms with van der Waals surface area (Å²) in [4.78, 5) is 4.38. The van der Waals surface area contributed by atoms with Gasteiger partial charge in [0.25, 0.3) is 0 Å². The van der Waals surface area contributed by atoms with E-state index in [1.807, 2.05) is 0 Å². The molecule has 0 saturated carbocycles. The summed E-state index contributed by atoms with van der Waals surface area (Å²) in [6.07, 6.45) is 1.18. The van der Waals surface area contributed by atoms with Crippen LogP contribution in [-0.4, -0.2) is 44.2 Å². The molecule has 0 aliphatic carbocycles. The van der Waals surface area contributed by atoms with Crippen LogP contribution in [0.2, 0.25) is 0 Å². The van der Waals surface area contributed by atoms with Gasteiger partial charge in [0, 0.05) is 31.2 Å². The second-order valence-electron chi connectivity index (χ2n) is 4.78. The first-order chi connectivity index (χ1) is 10.0. The summed E-state index contributed by atoms with van der Waals surface area (Å²) in [6, 6.07) is 8.47. The Morgan fingerprint density at radius 3 is 2.81 bits per heavy atom. The molecule has 0 saturated heterocycles. The fourth-order valence-corrected chi connectivity index (χ4v) is 3.22. The van der Waals surface area contributed by atoms with Crippen molar-refractivity contribution >= 4 is 20.9 Å². The van der Waals surface area contributed by atoms with Crippen molar-refractivity contribution in [2.45, 2.75) is 17.9 Å². The van der Waals surface area contributed by atoms with E-state index in [9.17, 15) is 8.42 Å². The van der Waals surface area contributed by atoms with Crippen LogP contribution < -0.4 is 10.0 Å². The summed E-state index contributed by atoms with van der Waals surface area (Å²) in [6.45, 7) is 2.80. The van der Waals surface area contributed by atoms with Gasteiger partial charge in [0.15, 0.2) is 0 Å². The number of aliphatic hydroxyl groups is 1. The van der Waals surface area contributed by atoms with E-state index in [0.717, 1.165) is 0 Å². The number of nitrogens with one attached hydrogen (secondary N) is 2. The fourth-order valence-electron chi connectivity index (χ4n) is 1.97. The second kappa shape index (κ2) is 6.95. The Hall–Kier alpha value is -1.54. The van der Waals surface area contributed by atoms with Crippen LogP contribution in [0.1, 0.15) is 6.92 Å². The minimum Gasteiger partial charge on any atom is -0.392 e. The molecule has 0 amide bonds. The number of sulfonamides is 1. The summed E-state index contributed by atoms with van der Waals surface area (Å²) < 4.78 is 27.2. The molecule has 0 bridgehead atoms. The molecule has 3 N–H and O–H groups in total. The Labute approximate surface area is 124 Å². The van der Waals surface area contributed by atoms with E-state index >= 15 is 0 Å². The number of nitrogens with zero attached hydrogens (tertiary/aromatic N) is 1. The molecule has 0 fully saturated rings. The van der Waals surface area contributed by atoms with E-state index in [0.29, 0.717) is 24.0 Å². The molecular formula is C14H19N3O3S. The Bertz CT molecular complexity index is 696. The fraction of sp³-hybridized carbons (Fsp3) is 0.357. The van der Waals surface area contributed by atoms with Gasteiger partial charge in [-0.05, 0) is 31.2 Å². The average Bonchev–Trinajstić information content (AvgIpc) is 2.46. The highest BCUT2D eigenvalue weighted by Crippen LogP contribution is 2.20. The third-order valence-electron chi connectivity index (χ3n) is 2.93. The van der Waals surface area contributed by atoms with Crippen molar-refractivity contribution in [2.75, 3.05) is 19.6 Å². The van der Waals surface area contributed by atoms with Crippen LogP contribution in [-0.2, 0) is 10.0 Å². The van der Waals surface area contributed by atoms with Gasteiger partial charge in [0.05, 0.1) is 16.5 Å². The summed E-state index contributed by atoms with van der Waals surface area (Å²) in [7, 11) is -3.58. The van der Waals surface area contributed by atoms with Crippen molar-refractivity contribution in [1.29, 1.82) is 0 Å². The predicted molar refractivity (Wildman–Crippen MR) is 81.5 cm³/mol. The van der Waals surface area contributed by atoms with Crippen LogP contribution in [0.3, 0.4) is 0 Å². The predicted octanol–water partition coefficient (Wildman–Crippen LogP) is 0.484. The zero-order valence-corrected chi connectivity index (χ0v) is 12.6. The molecule has 1 aromatic heterocycles. The van der Waals surface area contributed by atoms with E-state index in [-0.39, 0.29) is 11.4 Å². The third kappa shape index (κ3) is 4.21. The van der Waals surface area contributed by atoms with Crippen LogP contribution >= 0.6 is 0 Å². The third-order valence-corrected chi connectivity index (χ3v) is 4.45. The molecule has 1 unspecified atom stereocenters. The largest absolute Gasteiger partial charge is 0.392 e. The average molecular weight is 309 g/mol. The molecule has 2 rings (SSSR count). The molecule has 21 heavy (non-hydrogen) atoms. The van der Waals surface area contributed by atoms with Crippen molar-refractivity contribution in [3.8, 4) is 0 Å². The Morgan fingerprint density at radius 1 is 1.24 bits per heavy atom. The number of pyridine rings is 1. The number of rotatable bonds is 7. The maximum Gasteiger partial charge on any atom is 0.241 e. The van der Waals surface area contributed by atoms with Crippen molar-refractivity contribution in [1.82, 2.24) is 15.0 Å². The summed E-state index contributed by atoms with van der Waals surface area (Å²) in [5.41, 5.74) is 0.646. The highest BCUT2D eigenvalue weighted by molar-refractivity contribution is 7.89. The van der Waals surface area contributed by atoms with Gasteiger partial charge in [0.1, 0.15) is 0 Å². The quantitative estimate of drug-likeness (QED) is 0.647. The lowest BCUT2D eigenvalue weighted by atomic mass is 10.2. The number of aliphatic hydroxyl groups excluding tert-OH is 1. The number of fused-ring (bicyclic) bond motifs is 1. The molecule has 0 radical (unpaired) electrons. The van der Waals surface area contributed by atoms with Gasteiger partial charge in [-0.1, -0.05) is 6.07 Å². The maximum atomic E-state index is 12.3. The monoisotopic (exact) mass is 309 g/mol. The SMILES string of the molecule is CC(O)CNCCNS(=O)(=O)c1cccc2ncccc12. The highest BCUT2D eigenvalue weighted by Gasteiger charge is 2.16. The van der Waals surface area contributed by atoms with Crippen LogP contribution in [0, 0.1) is 0 Å². The van der Waals surface area contributed by atoms with E-state index in [2.05, 4.69) is 15.0 Å². The first-order valence-electron chi connectivity index (χ1n) is 6.73. The smallest absolute Gasteiger partial charge is 0.241 e. The normalized spacial score (nSPS) is 13.4. The zero-order valence-electron chi connectivity index (χ0n) is 11.8. The Balaban J connectivity index is 2.08. The van der Waals surface area contributed by atoms with Crippen molar-refractivity contribution in [2.24, 2.45) is 0 Å². The van der Waals surface area contributed by atoms with E-state index in [1.54, 1.807) is 43.5 Å². The van der Waals surface area contributed by atoms with Gasteiger partial charge in [0.2, 0.25) is 10.0 Å². The van der Waals surface area contributed by atoms with Crippen LogP contribution in [0.25, 0.3) is 10.9 Å². The second-order valence-corrected chi connectivity index (χ2v) is 6.51. The van der Waals surface area contributed by atoms with Gasteiger partial charge < -0.3 is 10.4 Å². The van der Waals surface area contributed by atoms with Crippen LogP contribution in [0.15, 0.2) is 41.4 Å². The standard InChI is InChI=1S/C14H19N3O3S/c1-11(18)10-15-8-9-17-21(19,20)14-6-2-5-13-12(14)4-3-7-16-13/h2-7,11,15,17-18H,8-10H2,1H3. The molecule has 0 aliphatic heterocycles. The molecule has 0 aliphatic rings. The highest BCUT2D eigenvalue weighted by atomic mass is 32.2. The maximum absolute atomic E-state index is 12.3. The molecule has 114 valence electrons. The first-order valence-corrected chi connectivity index (χ1v) is 8.21. The summed E-state index contributed by atoms with van der Waals surface area (Å²) in [5.74, 6) is 0. The number of aromatic nitrogens is 1. The topological polar surface area (TPSA) is 91.3 Å². The molecule has 2 aromatic rings. The van der Waals surface area contributed by atoms with E-state index in [1.165, 1.54) is 0 Å². The molecule has 1 heterocycles. The Morgan fingerprint density at radius 2 is 2.05 bits per heavy atom. The Kier molecular flexibility index (Phi) is 5.24. The van der Waals surface area contributed by atoms with Crippen LogP contribution in [0.5, 0.6) is 0 Å². The van der Waals surface area contributed by atoms with Crippen molar-refractivity contribution in [3.05, 3.63) is 36.5 Å². The van der Waals surface area contributed by atoms with Crippen molar-refractivity contribution < 1.29 is 13.5 Å². The lowest BCUT2D eigenvalue weighted by Gasteiger charge is -2.10. The molecule has 1 atom stereocenters. The van der Waals surface area contributed by atoms with Gasteiger partial charge in [-0.15, -0.1) is 0 Å². The van der Waals surface area contributed by atoms with Gasteiger partial charge in [-0.3, -0.25) is 4.98 Å². The molecule has 0 spiro atoms.